The number of nitrogens with zero attached hydrogens (tertiary/aromatic N) is 2. The minimum Gasteiger partial charge on any atom is -0.384 e. The fourth-order valence-corrected chi connectivity index (χ4v) is 2.52. The predicted octanol–water partition coefficient (Wildman–Crippen LogP) is 1.50. The largest absolute Gasteiger partial charge is 0.384 e. The highest BCUT2D eigenvalue weighted by Crippen LogP contribution is 2.21. The number of carbonyl (C=O) groups excluding carboxylic acids is 1. The molecule has 0 aliphatic carbocycles. The molecule has 1 amide bonds. The zero-order chi connectivity index (χ0) is 14.7. The Labute approximate surface area is 122 Å². The highest BCUT2D eigenvalue weighted by atomic mass is 35.5. The molecule has 1 saturated heterocycles. The van der Waals surface area contributed by atoms with Gasteiger partial charge in [0.1, 0.15) is 11.9 Å². The van der Waals surface area contributed by atoms with Gasteiger partial charge in [0, 0.05) is 43.3 Å². The van der Waals surface area contributed by atoms with Crippen molar-refractivity contribution in [3.8, 4) is 0 Å². The molecule has 1 aromatic carbocycles. The summed E-state index contributed by atoms with van der Waals surface area (Å²) in [7, 11) is 0. The van der Waals surface area contributed by atoms with Crippen molar-refractivity contribution in [3.63, 3.8) is 0 Å². The number of aliphatic hydroxyl groups excluding tert-OH is 1. The summed E-state index contributed by atoms with van der Waals surface area (Å²) in [5.41, 5.74) is 0.490. The Hall–Kier alpha value is -1.17. The Morgan fingerprint density at radius 2 is 2.05 bits per heavy atom. The van der Waals surface area contributed by atoms with Gasteiger partial charge in [-0.3, -0.25) is 9.69 Å². The molecule has 1 fully saturated rings. The number of rotatable bonds is 3. The monoisotopic (exact) mass is 300 g/mol. The van der Waals surface area contributed by atoms with Crippen LogP contribution in [-0.2, 0) is 11.3 Å². The van der Waals surface area contributed by atoms with Gasteiger partial charge in [-0.1, -0.05) is 17.7 Å². The number of piperazine rings is 1. The summed E-state index contributed by atoms with van der Waals surface area (Å²) < 4.78 is 13.7. The number of hydrogen-bond donors (Lipinski definition) is 1. The first-order valence-electron chi connectivity index (χ1n) is 6.61. The van der Waals surface area contributed by atoms with Crippen LogP contribution in [0.4, 0.5) is 4.39 Å². The van der Waals surface area contributed by atoms with E-state index in [0.29, 0.717) is 43.3 Å². The summed E-state index contributed by atoms with van der Waals surface area (Å²) in [5.74, 6) is -0.562. The summed E-state index contributed by atoms with van der Waals surface area (Å²) in [6.45, 7) is 4.26. The normalized spacial score (nSPS) is 18.1. The third-order valence-electron chi connectivity index (χ3n) is 3.48. The summed E-state index contributed by atoms with van der Waals surface area (Å²) in [4.78, 5) is 15.3. The maximum Gasteiger partial charge on any atom is 0.251 e. The van der Waals surface area contributed by atoms with Gasteiger partial charge in [0.2, 0.25) is 0 Å². The van der Waals surface area contributed by atoms with Gasteiger partial charge < -0.3 is 10.0 Å². The Morgan fingerprint density at radius 3 is 2.60 bits per heavy atom. The lowest BCUT2D eigenvalue weighted by Gasteiger charge is -2.35. The lowest BCUT2D eigenvalue weighted by molar-refractivity contribution is -0.141. The molecule has 0 spiro atoms. The average Bonchev–Trinajstić information content (AvgIpc) is 2.43. The molecule has 0 aromatic heterocycles. The summed E-state index contributed by atoms with van der Waals surface area (Å²) >= 11 is 6.01. The molecule has 4 nitrogen and oxygen atoms in total. The molecule has 1 aliphatic heterocycles. The van der Waals surface area contributed by atoms with E-state index in [1.165, 1.54) is 13.0 Å². The van der Waals surface area contributed by atoms with Crippen LogP contribution in [0.2, 0.25) is 5.02 Å². The SMILES string of the molecule is CC(O)C(=O)N1CCN(Cc2c(F)cccc2Cl)CC1. The first-order chi connectivity index (χ1) is 9.49. The molecule has 1 aliphatic rings. The standard InChI is InChI=1S/C14H18ClFN2O2/c1-10(19)14(20)18-7-5-17(6-8-18)9-11-12(15)3-2-4-13(11)16/h2-4,10,19H,5-9H2,1H3. The molecule has 110 valence electrons. The van der Waals surface area contributed by atoms with Crippen LogP contribution in [-0.4, -0.2) is 53.1 Å². The first kappa shape index (κ1) is 15.2. The van der Waals surface area contributed by atoms with Crippen molar-refractivity contribution in [2.45, 2.75) is 19.6 Å². The Bertz CT molecular complexity index is 468. The molecule has 1 atom stereocenters. The third-order valence-corrected chi connectivity index (χ3v) is 3.84. The van der Waals surface area contributed by atoms with Gasteiger partial charge in [0.15, 0.2) is 0 Å². The Kier molecular flexibility index (Phi) is 4.96. The molecule has 1 unspecified atom stereocenters. The second-order valence-electron chi connectivity index (χ2n) is 4.98. The number of benzene rings is 1. The molecule has 6 heteroatoms. The number of halogens is 2. The second-order valence-corrected chi connectivity index (χ2v) is 5.38. The van der Waals surface area contributed by atoms with Gasteiger partial charge in [0.25, 0.3) is 5.91 Å². The van der Waals surface area contributed by atoms with E-state index in [2.05, 4.69) is 4.90 Å². The van der Waals surface area contributed by atoms with Gasteiger partial charge in [-0.2, -0.15) is 0 Å². The highest BCUT2D eigenvalue weighted by Gasteiger charge is 2.24. The van der Waals surface area contributed by atoms with E-state index in [0.717, 1.165) is 0 Å². The molecule has 0 saturated carbocycles. The van der Waals surface area contributed by atoms with Gasteiger partial charge in [-0.25, -0.2) is 4.39 Å². The van der Waals surface area contributed by atoms with E-state index >= 15 is 0 Å². The average molecular weight is 301 g/mol. The molecule has 2 rings (SSSR count). The van der Waals surface area contributed by atoms with Crippen molar-refractivity contribution >= 4 is 17.5 Å². The summed E-state index contributed by atoms with van der Waals surface area (Å²) in [6.07, 6.45) is -0.970. The van der Waals surface area contributed by atoms with Gasteiger partial charge in [0.05, 0.1) is 0 Å². The quantitative estimate of drug-likeness (QED) is 0.920. The lowest BCUT2D eigenvalue weighted by Crippen LogP contribution is -2.50. The van der Waals surface area contributed by atoms with E-state index < -0.39 is 6.10 Å². The number of carbonyl (C=O) groups is 1. The Balaban J connectivity index is 1.93. The van der Waals surface area contributed by atoms with Crippen molar-refractivity contribution in [2.75, 3.05) is 26.2 Å². The van der Waals surface area contributed by atoms with E-state index in [4.69, 9.17) is 11.6 Å². The number of amides is 1. The number of aliphatic hydroxyl groups is 1. The first-order valence-corrected chi connectivity index (χ1v) is 6.99. The molecular formula is C14H18ClFN2O2. The molecular weight excluding hydrogens is 283 g/mol. The van der Waals surface area contributed by atoms with Crippen LogP contribution in [0.5, 0.6) is 0 Å². The zero-order valence-electron chi connectivity index (χ0n) is 11.4. The molecule has 0 bridgehead atoms. The van der Waals surface area contributed by atoms with Crippen molar-refractivity contribution in [2.24, 2.45) is 0 Å². The van der Waals surface area contributed by atoms with Crippen molar-refractivity contribution in [1.82, 2.24) is 9.80 Å². The molecule has 20 heavy (non-hydrogen) atoms. The van der Waals surface area contributed by atoms with Gasteiger partial charge in [-0.05, 0) is 19.1 Å². The minimum atomic E-state index is -0.970. The van der Waals surface area contributed by atoms with Crippen LogP contribution in [0, 0.1) is 5.82 Å². The van der Waals surface area contributed by atoms with Crippen molar-refractivity contribution in [3.05, 3.63) is 34.6 Å². The molecule has 1 heterocycles. The topological polar surface area (TPSA) is 43.8 Å². The fourth-order valence-electron chi connectivity index (χ4n) is 2.30. The smallest absolute Gasteiger partial charge is 0.251 e. The summed E-state index contributed by atoms with van der Waals surface area (Å²) in [5, 5.41) is 9.70. The van der Waals surface area contributed by atoms with Crippen LogP contribution in [0.25, 0.3) is 0 Å². The van der Waals surface area contributed by atoms with E-state index in [1.807, 2.05) is 0 Å². The maximum absolute atomic E-state index is 13.7. The molecule has 1 aromatic rings. The van der Waals surface area contributed by atoms with Crippen LogP contribution < -0.4 is 0 Å². The third kappa shape index (κ3) is 3.48. The Morgan fingerprint density at radius 1 is 1.40 bits per heavy atom. The minimum absolute atomic E-state index is 0.256. The van der Waals surface area contributed by atoms with Crippen molar-refractivity contribution in [1.29, 1.82) is 0 Å². The second kappa shape index (κ2) is 6.52. The van der Waals surface area contributed by atoms with Crippen LogP contribution in [0.1, 0.15) is 12.5 Å². The lowest BCUT2D eigenvalue weighted by atomic mass is 10.1. The van der Waals surface area contributed by atoms with Gasteiger partial charge in [-0.15, -0.1) is 0 Å². The summed E-state index contributed by atoms with van der Waals surface area (Å²) in [6, 6.07) is 4.65. The highest BCUT2D eigenvalue weighted by molar-refractivity contribution is 6.31. The van der Waals surface area contributed by atoms with Crippen LogP contribution in [0.3, 0.4) is 0 Å². The van der Waals surface area contributed by atoms with E-state index in [-0.39, 0.29) is 11.7 Å². The number of hydrogen-bond acceptors (Lipinski definition) is 3. The molecule has 1 N–H and O–H groups in total. The molecule has 0 radical (unpaired) electrons. The van der Waals surface area contributed by atoms with Crippen LogP contribution in [0.15, 0.2) is 18.2 Å². The van der Waals surface area contributed by atoms with Crippen molar-refractivity contribution < 1.29 is 14.3 Å². The van der Waals surface area contributed by atoms with E-state index in [1.54, 1.807) is 17.0 Å². The fraction of sp³-hybridized carbons (Fsp3) is 0.500. The van der Waals surface area contributed by atoms with E-state index in [9.17, 15) is 14.3 Å². The van der Waals surface area contributed by atoms with Gasteiger partial charge >= 0.3 is 0 Å². The van der Waals surface area contributed by atoms with Crippen LogP contribution >= 0.6 is 11.6 Å². The maximum atomic E-state index is 13.7. The predicted molar refractivity (Wildman–Crippen MR) is 74.9 cm³/mol. The zero-order valence-corrected chi connectivity index (χ0v) is 12.1.